The van der Waals surface area contributed by atoms with Crippen LogP contribution in [-0.2, 0) is 0 Å². The fraction of sp³-hybridized carbons (Fsp3) is 0.333. The van der Waals surface area contributed by atoms with Crippen LogP contribution in [-0.4, -0.2) is 0 Å². The van der Waals surface area contributed by atoms with E-state index < -0.39 is 0 Å². The minimum Gasteiger partial charge on any atom is -0.0564 e. The molecule has 0 aliphatic heterocycles. The second-order valence-corrected chi connectivity index (χ2v) is 5.33. The van der Waals surface area contributed by atoms with Crippen LogP contribution in [0, 0.1) is 41.5 Å². The first-order chi connectivity index (χ1) is 8.36. The van der Waals surface area contributed by atoms with Crippen LogP contribution >= 0.6 is 0 Å². The Morgan fingerprint density at radius 3 is 0.556 bits per heavy atom. The smallest absolute Gasteiger partial charge is 0.0398 e. The summed E-state index contributed by atoms with van der Waals surface area (Å²) < 4.78 is 0. The van der Waals surface area contributed by atoms with E-state index in [1.54, 1.807) is 0 Å². The quantitative estimate of drug-likeness (QED) is 0.592. The van der Waals surface area contributed by atoms with E-state index in [1.165, 1.54) is 33.4 Å². The van der Waals surface area contributed by atoms with Crippen LogP contribution in [0.15, 0.2) is 36.4 Å². The maximum Gasteiger partial charge on any atom is -0.0398 e. The number of aryl methyl sites for hydroxylation is 6. The molecule has 0 atom stereocenters. The first-order valence-corrected chi connectivity index (χ1v) is 6.46. The van der Waals surface area contributed by atoms with Crippen molar-refractivity contribution in [2.24, 2.45) is 0 Å². The maximum atomic E-state index is 2.19. The number of hydrogen-bond acceptors (Lipinski definition) is 0. The van der Waals surface area contributed by atoms with Gasteiger partial charge in [0.15, 0.2) is 0 Å². The SMILES string of the molecule is Cc1cc(C)cc(C)c1.Cc1cc(C)cc(C)c1. The highest BCUT2D eigenvalue weighted by Gasteiger charge is 1.88. The highest BCUT2D eigenvalue weighted by atomic mass is 13.9. The minimum atomic E-state index is 1.35. The molecule has 96 valence electrons. The summed E-state index contributed by atoms with van der Waals surface area (Å²) >= 11 is 0. The molecular formula is C18H24. The molecule has 18 heavy (non-hydrogen) atoms. The molecule has 0 nitrogen and oxygen atoms in total. The predicted molar refractivity (Wildman–Crippen MR) is 81.3 cm³/mol. The van der Waals surface area contributed by atoms with Gasteiger partial charge in [0, 0.05) is 0 Å². The van der Waals surface area contributed by atoms with Gasteiger partial charge in [-0.1, -0.05) is 69.8 Å². The molecule has 0 radical (unpaired) electrons. The summed E-state index contributed by atoms with van der Waals surface area (Å²) in [4.78, 5) is 0. The molecule has 2 aromatic rings. The third-order valence-corrected chi connectivity index (χ3v) is 2.73. The Morgan fingerprint density at radius 2 is 0.444 bits per heavy atom. The Kier molecular flexibility index (Phi) is 5.15. The van der Waals surface area contributed by atoms with E-state index in [9.17, 15) is 0 Å². The standard InChI is InChI=1S/2C9H12/c2*1-7-4-8(2)6-9(3)5-7/h2*4-6H,1-3H3. The van der Waals surface area contributed by atoms with Crippen molar-refractivity contribution < 1.29 is 0 Å². The lowest BCUT2D eigenvalue weighted by molar-refractivity contribution is 1.32. The highest BCUT2D eigenvalue weighted by Crippen LogP contribution is 2.07. The van der Waals surface area contributed by atoms with Gasteiger partial charge in [-0.05, 0) is 41.5 Å². The summed E-state index contributed by atoms with van der Waals surface area (Å²) in [5.74, 6) is 0. The molecule has 0 aliphatic rings. The monoisotopic (exact) mass is 240 g/mol. The van der Waals surface area contributed by atoms with Gasteiger partial charge >= 0.3 is 0 Å². The zero-order valence-electron chi connectivity index (χ0n) is 12.5. The van der Waals surface area contributed by atoms with Gasteiger partial charge in [0.25, 0.3) is 0 Å². The van der Waals surface area contributed by atoms with Crippen LogP contribution < -0.4 is 0 Å². The van der Waals surface area contributed by atoms with Crippen molar-refractivity contribution in [2.75, 3.05) is 0 Å². The van der Waals surface area contributed by atoms with E-state index in [2.05, 4.69) is 77.9 Å². The van der Waals surface area contributed by atoms with Crippen molar-refractivity contribution >= 4 is 0 Å². The summed E-state index contributed by atoms with van der Waals surface area (Å²) in [6, 6.07) is 13.1. The molecule has 2 aromatic carbocycles. The summed E-state index contributed by atoms with van der Waals surface area (Å²) in [5, 5.41) is 0. The van der Waals surface area contributed by atoms with Gasteiger partial charge in [0.05, 0.1) is 0 Å². The summed E-state index contributed by atoms with van der Waals surface area (Å²) in [5.41, 5.74) is 8.13. The van der Waals surface area contributed by atoms with E-state index in [-0.39, 0.29) is 0 Å². The Labute approximate surface area is 112 Å². The first-order valence-electron chi connectivity index (χ1n) is 6.46. The molecule has 0 unspecified atom stereocenters. The van der Waals surface area contributed by atoms with Gasteiger partial charge in [0.2, 0.25) is 0 Å². The highest BCUT2D eigenvalue weighted by molar-refractivity contribution is 5.27. The van der Waals surface area contributed by atoms with Gasteiger partial charge in [-0.2, -0.15) is 0 Å². The Hall–Kier alpha value is -1.56. The molecule has 2 rings (SSSR count). The summed E-state index contributed by atoms with van der Waals surface area (Å²) in [6.45, 7) is 12.8. The first kappa shape index (κ1) is 14.5. The zero-order valence-corrected chi connectivity index (χ0v) is 12.5. The zero-order chi connectivity index (χ0) is 13.7. The molecule has 0 bridgehead atoms. The normalized spacial score (nSPS) is 9.67. The van der Waals surface area contributed by atoms with Gasteiger partial charge in [0.1, 0.15) is 0 Å². The Morgan fingerprint density at radius 1 is 0.333 bits per heavy atom. The molecule has 0 aliphatic carbocycles. The van der Waals surface area contributed by atoms with Gasteiger partial charge in [-0.15, -0.1) is 0 Å². The van der Waals surface area contributed by atoms with Crippen molar-refractivity contribution in [1.29, 1.82) is 0 Å². The third kappa shape index (κ3) is 5.18. The molecule has 0 N–H and O–H groups in total. The van der Waals surface area contributed by atoms with Crippen LogP contribution in [0.2, 0.25) is 0 Å². The van der Waals surface area contributed by atoms with Gasteiger partial charge in [-0.3, -0.25) is 0 Å². The van der Waals surface area contributed by atoms with E-state index in [4.69, 9.17) is 0 Å². The van der Waals surface area contributed by atoms with Crippen molar-refractivity contribution in [1.82, 2.24) is 0 Å². The van der Waals surface area contributed by atoms with Gasteiger partial charge in [-0.25, -0.2) is 0 Å². The average molecular weight is 240 g/mol. The lowest BCUT2D eigenvalue weighted by Crippen LogP contribution is -1.78. The van der Waals surface area contributed by atoms with Crippen LogP contribution in [0.1, 0.15) is 33.4 Å². The van der Waals surface area contributed by atoms with Crippen LogP contribution in [0.3, 0.4) is 0 Å². The fourth-order valence-electron chi connectivity index (χ4n) is 2.40. The van der Waals surface area contributed by atoms with Crippen molar-refractivity contribution in [3.8, 4) is 0 Å². The molecular weight excluding hydrogens is 216 g/mol. The Balaban J connectivity index is 0.000000180. The number of benzene rings is 2. The summed E-state index contributed by atoms with van der Waals surface area (Å²) in [7, 11) is 0. The predicted octanol–water partition coefficient (Wildman–Crippen LogP) is 5.22. The molecule has 0 fully saturated rings. The fourth-order valence-corrected chi connectivity index (χ4v) is 2.40. The molecule has 0 saturated heterocycles. The van der Waals surface area contributed by atoms with E-state index in [0.29, 0.717) is 0 Å². The van der Waals surface area contributed by atoms with E-state index in [0.717, 1.165) is 0 Å². The average Bonchev–Trinajstić information content (AvgIpc) is 2.12. The van der Waals surface area contributed by atoms with Crippen molar-refractivity contribution in [3.63, 3.8) is 0 Å². The molecule has 0 aromatic heterocycles. The molecule has 0 spiro atoms. The van der Waals surface area contributed by atoms with Gasteiger partial charge < -0.3 is 0 Å². The largest absolute Gasteiger partial charge is 0.0564 e. The van der Waals surface area contributed by atoms with Crippen molar-refractivity contribution in [2.45, 2.75) is 41.5 Å². The molecule has 0 heterocycles. The van der Waals surface area contributed by atoms with Crippen molar-refractivity contribution in [3.05, 3.63) is 69.8 Å². The third-order valence-electron chi connectivity index (χ3n) is 2.73. The number of hydrogen-bond donors (Lipinski definition) is 0. The molecule has 0 saturated carbocycles. The van der Waals surface area contributed by atoms with E-state index in [1.807, 2.05) is 0 Å². The second kappa shape index (κ2) is 6.39. The Bertz CT molecular complexity index is 371. The van der Waals surface area contributed by atoms with Crippen LogP contribution in [0.25, 0.3) is 0 Å². The van der Waals surface area contributed by atoms with E-state index >= 15 is 0 Å². The topological polar surface area (TPSA) is 0 Å². The number of rotatable bonds is 0. The lowest BCUT2D eigenvalue weighted by Gasteiger charge is -1.96. The summed E-state index contributed by atoms with van der Waals surface area (Å²) in [6.07, 6.45) is 0. The molecule has 0 heteroatoms. The van der Waals surface area contributed by atoms with Crippen LogP contribution in [0.5, 0.6) is 0 Å². The maximum absolute atomic E-state index is 2.19. The minimum absolute atomic E-state index is 1.35. The lowest BCUT2D eigenvalue weighted by atomic mass is 10.1. The van der Waals surface area contributed by atoms with Crippen LogP contribution in [0.4, 0.5) is 0 Å². The molecule has 0 amide bonds. The second-order valence-electron chi connectivity index (χ2n) is 5.33.